The summed E-state index contributed by atoms with van der Waals surface area (Å²) in [5, 5.41) is 29.8. The zero-order chi connectivity index (χ0) is 30.6. The minimum absolute atomic E-state index is 0.0531. The summed E-state index contributed by atoms with van der Waals surface area (Å²) < 4.78 is 1.62. The summed E-state index contributed by atoms with van der Waals surface area (Å²) in [7, 11) is 0. The summed E-state index contributed by atoms with van der Waals surface area (Å²) in [4.78, 5) is 73.4. The van der Waals surface area contributed by atoms with Crippen molar-refractivity contribution >= 4 is 182 Å². The quantitative estimate of drug-likeness (QED) is 0.153. The number of aromatic carboxylic acids is 2. The molecule has 0 bridgehead atoms. The van der Waals surface area contributed by atoms with E-state index in [1.165, 1.54) is 13.8 Å². The molecule has 0 aliphatic carbocycles. The molecule has 2 aromatic rings. The fraction of sp³-hybridized carbons (Fsp3) is 0.182. The van der Waals surface area contributed by atoms with E-state index in [-0.39, 0.29) is 61.0 Å². The zero-order valence-electron chi connectivity index (χ0n) is 20.0. The summed E-state index contributed by atoms with van der Waals surface area (Å²) >= 11 is 10.9. The van der Waals surface area contributed by atoms with Gasteiger partial charge in [0.2, 0.25) is 11.8 Å². The zero-order valence-corrected chi connectivity index (χ0v) is 33.0. The maximum absolute atomic E-state index is 13.1. The number of carboxylic acids is 2. The highest BCUT2D eigenvalue weighted by atomic mass is 127. The maximum Gasteiger partial charge on any atom is 0.337 e. The minimum Gasteiger partial charge on any atom is -0.478 e. The Bertz CT molecular complexity index is 1370. The minimum atomic E-state index is -1.26. The lowest BCUT2D eigenvalue weighted by molar-refractivity contribution is -0.115. The van der Waals surface area contributed by atoms with Crippen LogP contribution in [0.5, 0.6) is 0 Å². The Hall–Kier alpha value is -0.360. The van der Waals surface area contributed by atoms with Crippen molar-refractivity contribution in [2.45, 2.75) is 13.8 Å². The molecule has 0 saturated heterocycles. The third kappa shape index (κ3) is 8.17. The molecular formula is C22H16I6N4O8. The molecule has 0 fully saturated rings. The molecule has 40 heavy (non-hydrogen) atoms. The highest BCUT2D eigenvalue weighted by Gasteiger charge is 2.29. The first kappa shape index (κ1) is 35.8. The molecule has 2 aromatic carbocycles. The van der Waals surface area contributed by atoms with Crippen LogP contribution >= 0.6 is 136 Å². The van der Waals surface area contributed by atoms with Gasteiger partial charge in [0.1, 0.15) is 0 Å². The number of carboxylic acid groups (broad SMARTS) is 2. The monoisotopic (exact) mass is 1230 g/mol. The van der Waals surface area contributed by atoms with Crippen LogP contribution in [0.4, 0.5) is 11.4 Å². The molecule has 0 heterocycles. The van der Waals surface area contributed by atoms with E-state index in [1.807, 2.05) is 45.2 Å². The second kappa shape index (κ2) is 15.4. The van der Waals surface area contributed by atoms with Crippen LogP contribution in [0.15, 0.2) is 0 Å². The lowest BCUT2D eigenvalue weighted by atomic mass is 10.1. The highest BCUT2D eigenvalue weighted by Crippen LogP contribution is 2.37. The third-order valence-electron chi connectivity index (χ3n) is 4.81. The van der Waals surface area contributed by atoms with Crippen LogP contribution in [-0.4, -0.2) is 58.9 Å². The predicted molar refractivity (Wildman–Crippen MR) is 196 cm³/mol. The number of halogens is 6. The van der Waals surface area contributed by atoms with Crippen LogP contribution < -0.4 is 21.3 Å². The van der Waals surface area contributed by atoms with Crippen molar-refractivity contribution in [2.24, 2.45) is 0 Å². The van der Waals surface area contributed by atoms with E-state index < -0.39 is 35.6 Å². The summed E-state index contributed by atoms with van der Waals surface area (Å²) in [5.41, 5.74) is 0.268. The van der Waals surface area contributed by atoms with Crippen molar-refractivity contribution in [3.8, 4) is 0 Å². The topological polar surface area (TPSA) is 191 Å². The molecule has 6 N–H and O–H groups in total. The van der Waals surface area contributed by atoms with Gasteiger partial charge in [-0.1, -0.05) is 0 Å². The Balaban J connectivity index is 2.32. The van der Waals surface area contributed by atoms with Gasteiger partial charge in [0, 0.05) is 34.1 Å². The molecule has 0 saturated carbocycles. The fourth-order valence-corrected chi connectivity index (χ4v) is 12.0. The van der Waals surface area contributed by atoms with E-state index in [0.29, 0.717) is 7.14 Å². The van der Waals surface area contributed by atoms with Crippen molar-refractivity contribution in [1.29, 1.82) is 0 Å². The summed E-state index contributed by atoms with van der Waals surface area (Å²) in [6, 6.07) is 0. The summed E-state index contributed by atoms with van der Waals surface area (Å²) in [6.07, 6.45) is 0. The SMILES string of the molecule is CC(=O)Nc1c(I)c(C(=O)O)c(I)c(C(=O)NCCNC(=O)c2c(I)c(NC(C)=O)c(I)c(C(=O)O)c2I)c1I. The van der Waals surface area contributed by atoms with E-state index in [2.05, 4.69) is 21.3 Å². The number of rotatable bonds is 9. The lowest BCUT2D eigenvalue weighted by Gasteiger charge is -2.18. The summed E-state index contributed by atoms with van der Waals surface area (Å²) in [5.74, 6) is -4.63. The molecule has 0 unspecified atom stereocenters. The first-order valence-electron chi connectivity index (χ1n) is 10.5. The smallest absolute Gasteiger partial charge is 0.337 e. The van der Waals surface area contributed by atoms with Crippen LogP contribution in [0.2, 0.25) is 0 Å². The Morgan fingerprint density at radius 3 is 1.05 bits per heavy atom. The molecule has 18 heteroatoms. The van der Waals surface area contributed by atoms with E-state index in [9.17, 15) is 39.0 Å². The molecule has 12 nitrogen and oxygen atoms in total. The molecule has 0 aromatic heterocycles. The van der Waals surface area contributed by atoms with E-state index >= 15 is 0 Å². The van der Waals surface area contributed by atoms with Gasteiger partial charge in [-0.2, -0.15) is 0 Å². The van der Waals surface area contributed by atoms with Gasteiger partial charge >= 0.3 is 11.9 Å². The van der Waals surface area contributed by atoms with Gasteiger partial charge in [-0.05, 0) is 136 Å². The van der Waals surface area contributed by atoms with Crippen LogP contribution in [0.1, 0.15) is 55.3 Å². The standard InChI is InChI=1S/C22H16I6N4O8/c1-5(33)31-17-13(25)7(11(23)9(15(17)27)21(37)38)19(35)29-3-4-30-20(36)8-12(24)10(22(39)40)16(28)18(14(8)26)32-6(2)34/h3-4H2,1-2H3,(H,29,35)(H,30,36)(H,31,33)(H,32,34)(H,37,38)(H,39,40). The second-order valence-electron chi connectivity index (χ2n) is 7.62. The molecule has 2 rings (SSSR count). The fourth-order valence-electron chi connectivity index (χ4n) is 3.20. The predicted octanol–water partition coefficient (Wildman–Crippen LogP) is 4.79. The van der Waals surface area contributed by atoms with E-state index in [1.54, 1.807) is 90.4 Å². The lowest BCUT2D eigenvalue weighted by Crippen LogP contribution is -2.36. The number of carbonyl (C=O) groups excluding carboxylic acids is 4. The molecule has 0 atom stereocenters. The third-order valence-corrected chi connectivity index (χ3v) is 11.3. The van der Waals surface area contributed by atoms with Gasteiger partial charge in [-0.3, -0.25) is 19.2 Å². The number of hydrogen-bond acceptors (Lipinski definition) is 6. The van der Waals surface area contributed by atoms with Crippen LogP contribution in [0, 0.1) is 21.4 Å². The van der Waals surface area contributed by atoms with Crippen LogP contribution in [-0.2, 0) is 9.59 Å². The number of amides is 4. The second-order valence-corrected chi connectivity index (χ2v) is 14.1. The van der Waals surface area contributed by atoms with Crippen LogP contribution in [0.25, 0.3) is 0 Å². The summed E-state index contributed by atoms with van der Waals surface area (Å²) in [6.45, 7) is 2.42. The first-order chi connectivity index (χ1) is 18.5. The van der Waals surface area contributed by atoms with Crippen LogP contribution in [0.3, 0.4) is 0 Å². The Labute approximate surface area is 308 Å². The highest BCUT2D eigenvalue weighted by molar-refractivity contribution is 14.1. The van der Waals surface area contributed by atoms with Crippen molar-refractivity contribution < 1.29 is 39.0 Å². The number of nitrogens with one attached hydrogen (secondary N) is 4. The Kier molecular flexibility index (Phi) is 13.8. The van der Waals surface area contributed by atoms with E-state index in [0.717, 1.165) is 0 Å². The van der Waals surface area contributed by atoms with Crippen molar-refractivity contribution in [1.82, 2.24) is 10.6 Å². The molecule has 0 radical (unpaired) electrons. The molecular weight excluding hydrogens is 1210 g/mol. The molecule has 0 aliphatic heterocycles. The molecule has 0 spiro atoms. The van der Waals surface area contributed by atoms with Crippen molar-refractivity contribution in [3.05, 3.63) is 43.7 Å². The average Bonchev–Trinajstić information content (AvgIpc) is 2.81. The number of benzene rings is 2. The number of hydrogen-bond donors (Lipinski definition) is 6. The Morgan fingerprint density at radius 1 is 0.525 bits per heavy atom. The number of anilines is 2. The van der Waals surface area contributed by atoms with E-state index in [4.69, 9.17) is 0 Å². The van der Waals surface area contributed by atoms with Gasteiger partial charge < -0.3 is 31.5 Å². The largest absolute Gasteiger partial charge is 0.478 e. The average molecular weight is 1230 g/mol. The first-order valence-corrected chi connectivity index (χ1v) is 17.0. The van der Waals surface area contributed by atoms with Crippen molar-refractivity contribution in [3.63, 3.8) is 0 Å². The Morgan fingerprint density at radius 2 is 0.800 bits per heavy atom. The molecule has 214 valence electrons. The van der Waals surface area contributed by atoms with Gasteiger partial charge in [0.05, 0.1) is 47.9 Å². The number of carbonyl (C=O) groups is 6. The normalized spacial score (nSPS) is 10.5. The van der Waals surface area contributed by atoms with Gasteiger partial charge in [0.15, 0.2) is 0 Å². The van der Waals surface area contributed by atoms with Crippen molar-refractivity contribution in [2.75, 3.05) is 23.7 Å². The molecule has 4 amide bonds. The maximum atomic E-state index is 13.1. The molecule has 0 aliphatic rings. The van der Waals surface area contributed by atoms with Gasteiger partial charge in [0.25, 0.3) is 11.8 Å². The van der Waals surface area contributed by atoms with Gasteiger partial charge in [-0.25, -0.2) is 9.59 Å². The van der Waals surface area contributed by atoms with Gasteiger partial charge in [-0.15, -0.1) is 0 Å².